The minimum Gasteiger partial charge on any atom is -0.454 e. The Morgan fingerprint density at radius 3 is 2.67 bits per heavy atom. The van der Waals surface area contributed by atoms with Crippen molar-refractivity contribution in [3.05, 3.63) is 18.2 Å². The van der Waals surface area contributed by atoms with Gasteiger partial charge in [0, 0.05) is 39.0 Å². The molecule has 2 heterocycles. The minimum atomic E-state index is -0.605. The van der Waals surface area contributed by atoms with Gasteiger partial charge in [-0.3, -0.25) is 9.59 Å². The third-order valence-corrected chi connectivity index (χ3v) is 3.75. The minimum absolute atomic E-state index is 0.0339. The van der Waals surface area contributed by atoms with Crippen molar-refractivity contribution in [1.82, 2.24) is 14.5 Å². The molecule has 1 saturated heterocycles. The summed E-state index contributed by atoms with van der Waals surface area (Å²) in [4.78, 5) is 29.8. The van der Waals surface area contributed by atoms with Crippen LogP contribution in [0, 0.1) is 0 Å². The van der Waals surface area contributed by atoms with E-state index in [4.69, 9.17) is 4.74 Å². The summed E-state index contributed by atoms with van der Waals surface area (Å²) in [7, 11) is 0. The monoisotopic (exact) mass is 293 g/mol. The van der Waals surface area contributed by atoms with Crippen LogP contribution in [-0.4, -0.2) is 39.4 Å². The first-order valence-corrected chi connectivity index (χ1v) is 7.57. The standard InChI is InChI=1S/C15H23N3O3/c1-3-17-10-7-16-15(17)13(21-12(2)19)11-14(20)18-8-5-4-6-9-18/h7,10,13H,3-6,8-9,11H2,1-2H3. The SMILES string of the molecule is CCn1ccnc1C(CC(=O)N1CCCCC1)OC(C)=O. The molecule has 1 aromatic rings. The number of carbonyl (C=O) groups is 2. The number of aromatic nitrogens is 2. The van der Waals surface area contributed by atoms with Gasteiger partial charge in [-0.1, -0.05) is 0 Å². The van der Waals surface area contributed by atoms with E-state index in [1.807, 2.05) is 22.6 Å². The van der Waals surface area contributed by atoms with Crippen LogP contribution in [0.1, 0.15) is 51.5 Å². The van der Waals surface area contributed by atoms with E-state index >= 15 is 0 Å². The molecule has 0 spiro atoms. The van der Waals surface area contributed by atoms with Gasteiger partial charge >= 0.3 is 5.97 Å². The van der Waals surface area contributed by atoms with Gasteiger partial charge in [0.25, 0.3) is 0 Å². The van der Waals surface area contributed by atoms with Gasteiger partial charge in [-0.05, 0) is 26.2 Å². The molecule has 0 saturated carbocycles. The number of carbonyl (C=O) groups excluding carboxylic acids is 2. The van der Waals surface area contributed by atoms with E-state index < -0.39 is 12.1 Å². The number of rotatable bonds is 5. The number of nitrogens with zero attached hydrogens (tertiary/aromatic N) is 3. The molecular weight excluding hydrogens is 270 g/mol. The highest BCUT2D eigenvalue weighted by atomic mass is 16.5. The number of hydrogen-bond donors (Lipinski definition) is 0. The summed E-state index contributed by atoms with van der Waals surface area (Å²) in [5.74, 6) is 0.279. The average Bonchev–Trinajstić information content (AvgIpc) is 2.95. The first-order chi connectivity index (χ1) is 10.1. The van der Waals surface area contributed by atoms with Gasteiger partial charge in [-0.25, -0.2) is 4.98 Å². The fraction of sp³-hybridized carbons (Fsp3) is 0.667. The number of amides is 1. The summed E-state index contributed by atoms with van der Waals surface area (Å²) in [6.45, 7) is 5.67. The molecule has 1 aromatic heterocycles. The molecule has 1 atom stereocenters. The molecule has 1 aliphatic heterocycles. The highest BCUT2D eigenvalue weighted by molar-refractivity contribution is 5.77. The van der Waals surface area contributed by atoms with Crippen LogP contribution in [-0.2, 0) is 20.9 Å². The summed E-state index contributed by atoms with van der Waals surface area (Å²) >= 11 is 0. The Kier molecular flexibility index (Phi) is 5.36. The lowest BCUT2D eigenvalue weighted by Crippen LogP contribution is -2.37. The zero-order valence-electron chi connectivity index (χ0n) is 12.7. The fourth-order valence-electron chi connectivity index (χ4n) is 2.69. The summed E-state index contributed by atoms with van der Waals surface area (Å²) in [5.41, 5.74) is 0. The van der Waals surface area contributed by atoms with Crippen LogP contribution in [0.2, 0.25) is 0 Å². The van der Waals surface area contributed by atoms with Gasteiger partial charge in [0.05, 0.1) is 6.42 Å². The van der Waals surface area contributed by atoms with Crippen molar-refractivity contribution >= 4 is 11.9 Å². The number of ether oxygens (including phenoxy) is 1. The quantitative estimate of drug-likeness (QED) is 0.778. The van der Waals surface area contributed by atoms with Crippen molar-refractivity contribution in [1.29, 1.82) is 0 Å². The van der Waals surface area contributed by atoms with E-state index in [9.17, 15) is 9.59 Å². The number of likely N-dealkylation sites (tertiary alicyclic amines) is 1. The summed E-state index contributed by atoms with van der Waals surface area (Å²) in [5, 5.41) is 0. The van der Waals surface area contributed by atoms with E-state index in [1.54, 1.807) is 6.20 Å². The van der Waals surface area contributed by atoms with Crippen molar-refractivity contribution in [3.8, 4) is 0 Å². The molecule has 6 nitrogen and oxygen atoms in total. The zero-order chi connectivity index (χ0) is 15.2. The second-order valence-corrected chi connectivity index (χ2v) is 5.32. The highest BCUT2D eigenvalue weighted by Crippen LogP contribution is 2.22. The number of imidazole rings is 1. The van der Waals surface area contributed by atoms with E-state index in [1.165, 1.54) is 13.3 Å². The number of esters is 1. The molecule has 2 rings (SSSR count). The van der Waals surface area contributed by atoms with Crippen LogP contribution in [0.15, 0.2) is 12.4 Å². The summed E-state index contributed by atoms with van der Waals surface area (Å²) in [6.07, 6.45) is 6.33. The lowest BCUT2D eigenvalue weighted by atomic mass is 10.1. The van der Waals surface area contributed by atoms with Gasteiger partial charge < -0.3 is 14.2 Å². The van der Waals surface area contributed by atoms with Crippen LogP contribution in [0.25, 0.3) is 0 Å². The van der Waals surface area contributed by atoms with Gasteiger partial charge in [-0.15, -0.1) is 0 Å². The van der Waals surface area contributed by atoms with Crippen LogP contribution in [0.4, 0.5) is 0 Å². The average molecular weight is 293 g/mol. The first-order valence-electron chi connectivity index (χ1n) is 7.57. The predicted molar refractivity (Wildman–Crippen MR) is 77.5 cm³/mol. The van der Waals surface area contributed by atoms with E-state index in [0.717, 1.165) is 32.5 Å². The van der Waals surface area contributed by atoms with Crippen molar-refractivity contribution < 1.29 is 14.3 Å². The molecule has 1 amide bonds. The van der Waals surface area contributed by atoms with E-state index in [-0.39, 0.29) is 12.3 Å². The third-order valence-electron chi connectivity index (χ3n) is 3.75. The second-order valence-electron chi connectivity index (χ2n) is 5.32. The smallest absolute Gasteiger partial charge is 0.303 e. The Labute approximate surface area is 125 Å². The maximum atomic E-state index is 12.4. The Bertz CT molecular complexity index is 492. The molecule has 1 aliphatic rings. The highest BCUT2D eigenvalue weighted by Gasteiger charge is 2.26. The molecule has 0 aromatic carbocycles. The van der Waals surface area contributed by atoms with Crippen LogP contribution < -0.4 is 0 Å². The maximum absolute atomic E-state index is 12.4. The maximum Gasteiger partial charge on any atom is 0.303 e. The molecule has 6 heteroatoms. The Morgan fingerprint density at radius 2 is 2.05 bits per heavy atom. The third kappa shape index (κ3) is 4.06. The predicted octanol–water partition coefficient (Wildman–Crippen LogP) is 1.91. The molecule has 1 unspecified atom stereocenters. The van der Waals surface area contributed by atoms with Crippen molar-refractivity contribution in [2.24, 2.45) is 0 Å². The van der Waals surface area contributed by atoms with Crippen LogP contribution in [0.3, 0.4) is 0 Å². The normalized spacial score (nSPS) is 16.6. The van der Waals surface area contributed by atoms with E-state index in [2.05, 4.69) is 4.98 Å². The lowest BCUT2D eigenvalue weighted by molar-refractivity contribution is -0.150. The van der Waals surface area contributed by atoms with Crippen LogP contribution in [0.5, 0.6) is 0 Å². The topological polar surface area (TPSA) is 64.4 Å². The number of hydrogen-bond acceptors (Lipinski definition) is 4. The fourth-order valence-corrected chi connectivity index (χ4v) is 2.69. The zero-order valence-corrected chi connectivity index (χ0v) is 12.7. The number of aryl methyl sites for hydroxylation is 1. The van der Waals surface area contributed by atoms with Gasteiger partial charge in [0.1, 0.15) is 0 Å². The lowest BCUT2D eigenvalue weighted by Gasteiger charge is -2.28. The molecule has 1 fully saturated rings. The number of piperidine rings is 1. The molecular formula is C15H23N3O3. The second kappa shape index (κ2) is 7.24. The van der Waals surface area contributed by atoms with Crippen molar-refractivity contribution in [3.63, 3.8) is 0 Å². The molecule has 21 heavy (non-hydrogen) atoms. The van der Waals surface area contributed by atoms with Gasteiger partial charge in [0.15, 0.2) is 11.9 Å². The molecule has 0 bridgehead atoms. The largest absolute Gasteiger partial charge is 0.454 e. The Hall–Kier alpha value is -1.85. The van der Waals surface area contributed by atoms with Gasteiger partial charge in [0.2, 0.25) is 5.91 Å². The van der Waals surface area contributed by atoms with Gasteiger partial charge in [-0.2, -0.15) is 0 Å². The molecule has 0 radical (unpaired) electrons. The van der Waals surface area contributed by atoms with Crippen molar-refractivity contribution in [2.75, 3.05) is 13.1 Å². The first kappa shape index (κ1) is 15.5. The molecule has 0 aliphatic carbocycles. The molecule has 116 valence electrons. The summed E-state index contributed by atoms with van der Waals surface area (Å²) < 4.78 is 7.23. The van der Waals surface area contributed by atoms with Crippen molar-refractivity contribution in [2.45, 2.75) is 52.2 Å². The van der Waals surface area contributed by atoms with Crippen LogP contribution >= 0.6 is 0 Å². The summed E-state index contributed by atoms with van der Waals surface area (Å²) in [6, 6.07) is 0. The Balaban J connectivity index is 2.09. The molecule has 0 N–H and O–H groups in total. The van der Waals surface area contributed by atoms with E-state index in [0.29, 0.717) is 5.82 Å². The Morgan fingerprint density at radius 1 is 1.33 bits per heavy atom.